The number of hydrogen-bond donors (Lipinski definition) is 0. The van der Waals surface area contributed by atoms with Gasteiger partial charge in [0.2, 0.25) is 0 Å². The van der Waals surface area contributed by atoms with Gasteiger partial charge in [-0.15, -0.1) is 0 Å². The van der Waals surface area contributed by atoms with Gasteiger partial charge in [-0.05, 0) is 11.1 Å². The Hall–Kier alpha value is -1.73. The van der Waals surface area contributed by atoms with Crippen molar-refractivity contribution in [2.75, 3.05) is 26.0 Å². The number of benzene rings is 2. The molecule has 2 aromatic rings. The quantitative estimate of drug-likeness (QED) is 0.631. The van der Waals surface area contributed by atoms with Gasteiger partial charge in [0.25, 0.3) is 10.1 Å². The summed E-state index contributed by atoms with van der Waals surface area (Å²) in [5.74, 6) is 0.268. The van der Waals surface area contributed by atoms with Crippen LogP contribution in [0.2, 0.25) is 0 Å². The maximum atomic E-state index is 11.4. The van der Waals surface area contributed by atoms with E-state index in [2.05, 4.69) is 17.0 Å². The molecule has 0 aromatic heterocycles. The minimum absolute atomic E-state index is 0.0423. The first-order chi connectivity index (χ1) is 12.5. The van der Waals surface area contributed by atoms with Crippen LogP contribution in [0.1, 0.15) is 11.1 Å². The Morgan fingerprint density at radius 1 is 0.962 bits per heavy atom. The molecular weight excluding hydrogens is 350 g/mol. The minimum Gasteiger partial charge on any atom is -0.376 e. The van der Waals surface area contributed by atoms with Crippen LogP contribution in [0, 0.1) is 5.92 Å². The maximum absolute atomic E-state index is 11.4. The van der Waals surface area contributed by atoms with Crippen LogP contribution in [0.25, 0.3) is 0 Å². The van der Waals surface area contributed by atoms with Gasteiger partial charge in [0.05, 0.1) is 26.1 Å². The molecule has 6 heteroatoms. The zero-order chi connectivity index (χ0) is 18.4. The molecule has 1 aliphatic heterocycles. The minimum atomic E-state index is -3.45. The monoisotopic (exact) mass is 375 g/mol. The number of hydrogen-bond acceptors (Lipinski definition) is 5. The summed E-state index contributed by atoms with van der Waals surface area (Å²) < 4.78 is 33.7. The molecule has 0 bridgehead atoms. The Bertz CT molecular complexity index is 778. The molecule has 0 unspecified atom stereocenters. The number of nitrogens with zero attached hydrogens (tertiary/aromatic N) is 1. The van der Waals surface area contributed by atoms with Crippen molar-refractivity contribution < 1.29 is 17.3 Å². The van der Waals surface area contributed by atoms with Gasteiger partial charge >= 0.3 is 0 Å². The highest BCUT2D eigenvalue weighted by Gasteiger charge is 2.39. The average molecular weight is 375 g/mol. The molecule has 2 atom stereocenters. The molecule has 0 radical (unpaired) electrons. The fraction of sp³-hybridized carbons (Fsp3) is 0.400. The normalized spacial score (nSPS) is 20.7. The first-order valence-corrected chi connectivity index (χ1v) is 10.6. The highest BCUT2D eigenvalue weighted by Crippen LogP contribution is 2.28. The van der Waals surface area contributed by atoms with Crippen LogP contribution in [0.5, 0.6) is 0 Å². The Morgan fingerprint density at radius 3 is 2.19 bits per heavy atom. The summed E-state index contributed by atoms with van der Waals surface area (Å²) >= 11 is 0. The van der Waals surface area contributed by atoms with E-state index in [1.807, 2.05) is 48.5 Å². The second-order valence-electron chi connectivity index (χ2n) is 6.73. The molecule has 26 heavy (non-hydrogen) atoms. The zero-order valence-corrected chi connectivity index (χ0v) is 15.8. The molecule has 3 rings (SSSR count). The molecule has 0 saturated carbocycles. The van der Waals surface area contributed by atoms with Crippen LogP contribution in [0.4, 0.5) is 0 Å². The lowest BCUT2D eigenvalue weighted by Gasteiger charge is -2.47. The van der Waals surface area contributed by atoms with Gasteiger partial charge in [-0.1, -0.05) is 60.7 Å². The zero-order valence-electron chi connectivity index (χ0n) is 15.0. The third-order valence-corrected chi connectivity index (χ3v) is 5.17. The lowest BCUT2D eigenvalue weighted by molar-refractivity contribution is -0.0637. The van der Waals surface area contributed by atoms with Gasteiger partial charge in [0, 0.05) is 25.0 Å². The molecule has 0 N–H and O–H groups in total. The van der Waals surface area contributed by atoms with Crippen molar-refractivity contribution in [3.8, 4) is 0 Å². The summed E-state index contributed by atoms with van der Waals surface area (Å²) in [6, 6.07) is 20.2. The van der Waals surface area contributed by atoms with Crippen LogP contribution < -0.4 is 0 Å². The second kappa shape index (κ2) is 8.77. The topological polar surface area (TPSA) is 55.8 Å². The van der Waals surface area contributed by atoms with Crippen LogP contribution in [0.3, 0.4) is 0 Å². The van der Waals surface area contributed by atoms with E-state index in [4.69, 9.17) is 8.92 Å². The van der Waals surface area contributed by atoms with Crippen molar-refractivity contribution in [1.29, 1.82) is 0 Å². The SMILES string of the molecule is CS(=O)(=O)OC[C@H]1[C@H](COCc2ccccc2)CN1Cc1ccccc1. The molecule has 1 saturated heterocycles. The molecule has 0 spiro atoms. The molecule has 0 aliphatic carbocycles. The highest BCUT2D eigenvalue weighted by atomic mass is 32.2. The molecule has 1 fully saturated rings. The van der Waals surface area contributed by atoms with Gasteiger partial charge in [0.1, 0.15) is 0 Å². The van der Waals surface area contributed by atoms with E-state index in [1.54, 1.807) is 0 Å². The van der Waals surface area contributed by atoms with Crippen LogP contribution in [-0.2, 0) is 32.2 Å². The predicted molar refractivity (Wildman–Crippen MR) is 101 cm³/mol. The largest absolute Gasteiger partial charge is 0.376 e. The van der Waals surface area contributed by atoms with Crippen LogP contribution >= 0.6 is 0 Å². The van der Waals surface area contributed by atoms with E-state index in [1.165, 1.54) is 5.56 Å². The smallest absolute Gasteiger partial charge is 0.264 e. The fourth-order valence-electron chi connectivity index (χ4n) is 3.22. The van der Waals surface area contributed by atoms with E-state index >= 15 is 0 Å². The summed E-state index contributed by atoms with van der Waals surface area (Å²) in [6.45, 7) is 2.99. The van der Waals surface area contributed by atoms with Gasteiger partial charge in [-0.2, -0.15) is 8.42 Å². The Balaban J connectivity index is 1.54. The maximum Gasteiger partial charge on any atom is 0.264 e. The van der Waals surface area contributed by atoms with Gasteiger partial charge in [-0.25, -0.2) is 0 Å². The molecule has 5 nitrogen and oxygen atoms in total. The first-order valence-electron chi connectivity index (χ1n) is 8.75. The number of likely N-dealkylation sites (tertiary alicyclic amines) is 1. The standard InChI is InChI=1S/C20H25NO4S/c1-26(22,23)25-16-20-19(15-24-14-18-10-6-3-7-11-18)13-21(20)12-17-8-4-2-5-9-17/h2-11,19-20H,12-16H2,1H3/t19-,20-/m0/s1. The van der Waals surface area contributed by atoms with E-state index in [0.29, 0.717) is 13.2 Å². The van der Waals surface area contributed by atoms with E-state index in [-0.39, 0.29) is 18.6 Å². The van der Waals surface area contributed by atoms with Crippen molar-refractivity contribution in [2.24, 2.45) is 5.92 Å². The van der Waals surface area contributed by atoms with E-state index in [9.17, 15) is 8.42 Å². The molecule has 1 aliphatic rings. The van der Waals surface area contributed by atoms with Crippen LogP contribution in [0.15, 0.2) is 60.7 Å². The summed E-state index contributed by atoms with van der Waals surface area (Å²) in [5, 5.41) is 0. The van der Waals surface area contributed by atoms with Gasteiger partial charge < -0.3 is 4.74 Å². The predicted octanol–water partition coefficient (Wildman–Crippen LogP) is 2.68. The van der Waals surface area contributed by atoms with E-state index in [0.717, 1.165) is 24.9 Å². The Labute approximate surface area is 155 Å². The van der Waals surface area contributed by atoms with Crippen molar-refractivity contribution in [3.63, 3.8) is 0 Å². The highest BCUT2D eigenvalue weighted by molar-refractivity contribution is 7.85. The third-order valence-electron chi connectivity index (χ3n) is 4.61. The van der Waals surface area contributed by atoms with Crippen molar-refractivity contribution in [1.82, 2.24) is 4.90 Å². The Kier molecular flexibility index (Phi) is 6.43. The lowest BCUT2D eigenvalue weighted by Crippen LogP contribution is -2.59. The average Bonchev–Trinajstić information content (AvgIpc) is 2.61. The fourth-order valence-corrected chi connectivity index (χ4v) is 3.61. The summed E-state index contributed by atoms with van der Waals surface area (Å²) in [6.07, 6.45) is 1.09. The van der Waals surface area contributed by atoms with Gasteiger partial charge in [-0.3, -0.25) is 9.08 Å². The number of rotatable bonds is 9. The van der Waals surface area contributed by atoms with Crippen molar-refractivity contribution in [2.45, 2.75) is 19.2 Å². The summed E-state index contributed by atoms with van der Waals surface area (Å²) in [5.41, 5.74) is 2.34. The molecular formula is C20H25NO4S. The van der Waals surface area contributed by atoms with Crippen molar-refractivity contribution in [3.05, 3.63) is 71.8 Å². The lowest BCUT2D eigenvalue weighted by atomic mass is 9.89. The van der Waals surface area contributed by atoms with E-state index < -0.39 is 10.1 Å². The summed E-state index contributed by atoms with van der Waals surface area (Å²) in [7, 11) is -3.45. The first kappa shape index (κ1) is 19.0. The second-order valence-corrected chi connectivity index (χ2v) is 8.38. The van der Waals surface area contributed by atoms with Gasteiger partial charge in [0.15, 0.2) is 0 Å². The number of ether oxygens (including phenoxy) is 1. The third kappa shape index (κ3) is 5.64. The van der Waals surface area contributed by atoms with Crippen molar-refractivity contribution >= 4 is 10.1 Å². The molecule has 2 aromatic carbocycles. The molecule has 140 valence electrons. The van der Waals surface area contributed by atoms with Crippen LogP contribution in [-0.4, -0.2) is 45.4 Å². The molecule has 0 amide bonds. The molecule has 1 heterocycles. The summed E-state index contributed by atoms with van der Waals surface area (Å²) in [4.78, 5) is 2.25. The Morgan fingerprint density at radius 2 is 1.58 bits per heavy atom.